The van der Waals surface area contributed by atoms with Crippen molar-refractivity contribution < 1.29 is 13.2 Å². The monoisotopic (exact) mass is 302 g/mol. The molecule has 0 radical (unpaired) electrons. The molecule has 0 aliphatic heterocycles. The van der Waals surface area contributed by atoms with Crippen molar-refractivity contribution in [3.8, 4) is 0 Å². The number of hydrogen-bond acceptors (Lipinski definition) is 2. The zero-order valence-corrected chi connectivity index (χ0v) is 13.0. The number of rotatable bonds is 8. The van der Waals surface area contributed by atoms with E-state index in [-0.39, 0.29) is 12.1 Å². The van der Waals surface area contributed by atoms with Crippen molar-refractivity contribution in [3.63, 3.8) is 0 Å². The Kier molecular flexibility index (Phi) is 7.18. The van der Waals surface area contributed by atoms with Crippen LogP contribution in [0, 0.1) is 0 Å². The second-order valence-corrected chi connectivity index (χ2v) is 5.56. The third-order valence-electron chi connectivity index (χ3n) is 3.37. The normalized spacial score (nSPS) is 13.9. The van der Waals surface area contributed by atoms with Gasteiger partial charge in [0, 0.05) is 18.6 Å². The molecule has 21 heavy (non-hydrogen) atoms. The van der Waals surface area contributed by atoms with E-state index in [0.717, 1.165) is 18.5 Å². The molecule has 1 unspecified atom stereocenters. The van der Waals surface area contributed by atoms with Crippen LogP contribution >= 0.6 is 0 Å². The van der Waals surface area contributed by atoms with E-state index in [1.165, 1.54) is 4.90 Å². The minimum atomic E-state index is -4.17. The average Bonchev–Trinajstić information content (AvgIpc) is 2.41. The summed E-state index contributed by atoms with van der Waals surface area (Å²) >= 11 is 0. The van der Waals surface area contributed by atoms with E-state index in [9.17, 15) is 13.2 Å². The van der Waals surface area contributed by atoms with Crippen LogP contribution in [0.15, 0.2) is 30.3 Å². The first-order valence-electron chi connectivity index (χ1n) is 7.42. The van der Waals surface area contributed by atoms with Gasteiger partial charge in [-0.1, -0.05) is 37.3 Å². The van der Waals surface area contributed by atoms with Gasteiger partial charge in [0.05, 0.1) is 6.54 Å². The maximum Gasteiger partial charge on any atom is 0.401 e. The van der Waals surface area contributed by atoms with Gasteiger partial charge in [0.2, 0.25) is 0 Å². The van der Waals surface area contributed by atoms with Crippen LogP contribution in [-0.2, 0) is 0 Å². The van der Waals surface area contributed by atoms with Crippen molar-refractivity contribution in [1.82, 2.24) is 10.2 Å². The molecule has 0 amide bonds. The zero-order chi connectivity index (χ0) is 15.9. The van der Waals surface area contributed by atoms with Crippen molar-refractivity contribution in [2.24, 2.45) is 0 Å². The quantitative estimate of drug-likeness (QED) is 0.781. The molecule has 5 heteroatoms. The summed E-state index contributed by atoms with van der Waals surface area (Å²) in [5.41, 5.74) is 1.03. The topological polar surface area (TPSA) is 15.3 Å². The van der Waals surface area contributed by atoms with E-state index < -0.39 is 12.7 Å². The molecule has 0 aliphatic carbocycles. The van der Waals surface area contributed by atoms with Gasteiger partial charge in [0.1, 0.15) is 0 Å². The predicted molar refractivity (Wildman–Crippen MR) is 80.2 cm³/mol. The van der Waals surface area contributed by atoms with E-state index >= 15 is 0 Å². The van der Waals surface area contributed by atoms with E-state index in [4.69, 9.17) is 0 Å². The van der Waals surface area contributed by atoms with Gasteiger partial charge in [-0.2, -0.15) is 13.2 Å². The van der Waals surface area contributed by atoms with E-state index in [1.807, 2.05) is 37.3 Å². The number of nitrogens with one attached hydrogen (secondary N) is 1. The van der Waals surface area contributed by atoms with Crippen LogP contribution in [0.2, 0.25) is 0 Å². The molecule has 0 saturated heterocycles. The van der Waals surface area contributed by atoms with Crippen molar-refractivity contribution in [2.45, 2.75) is 45.5 Å². The Morgan fingerprint density at radius 3 is 2.24 bits per heavy atom. The van der Waals surface area contributed by atoms with Gasteiger partial charge in [-0.25, -0.2) is 0 Å². The number of nitrogens with zero attached hydrogens (tertiary/aromatic N) is 1. The van der Waals surface area contributed by atoms with Crippen LogP contribution in [-0.4, -0.2) is 36.8 Å². The molecule has 0 heterocycles. The molecule has 0 bridgehead atoms. The average molecular weight is 302 g/mol. The van der Waals surface area contributed by atoms with Crippen LogP contribution in [0.25, 0.3) is 0 Å². The summed E-state index contributed by atoms with van der Waals surface area (Å²) in [4.78, 5) is 1.47. The highest BCUT2D eigenvalue weighted by atomic mass is 19.4. The van der Waals surface area contributed by atoms with Crippen LogP contribution in [0.3, 0.4) is 0 Å². The molecule has 1 atom stereocenters. The lowest BCUT2D eigenvalue weighted by Crippen LogP contribution is -2.44. The molecule has 1 aromatic rings. The molecule has 0 saturated carbocycles. The van der Waals surface area contributed by atoms with Gasteiger partial charge in [0.25, 0.3) is 0 Å². The Morgan fingerprint density at radius 1 is 1.14 bits per heavy atom. The lowest BCUT2D eigenvalue weighted by Gasteiger charge is -2.32. The Morgan fingerprint density at radius 2 is 1.76 bits per heavy atom. The van der Waals surface area contributed by atoms with Gasteiger partial charge in [-0.3, -0.25) is 4.90 Å². The summed E-state index contributed by atoms with van der Waals surface area (Å²) in [6.07, 6.45) is -3.22. The molecular formula is C16H25F3N2. The van der Waals surface area contributed by atoms with Crippen LogP contribution in [0.4, 0.5) is 13.2 Å². The van der Waals surface area contributed by atoms with Crippen molar-refractivity contribution in [3.05, 3.63) is 35.9 Å². The van der Waals surface area contributed by atoms with Gasteiger partial charge < -0.3 is 5.32 Å². The fourth-order valence-corrected chi connectivity index (χ4v) is 2.21. The Bertz CT molecular complexity index is 390. The van der Waals surface area contributed by atoms with Crippen molar-refractivity contribution >= 4 is 0 Å². The first-order chi connectivity index (χ1) is 9.83. The third-order valence-corrected chi connectivity index (χ3v) is 3.37. The number of alkyl halides is 3. The van der Waals surface area contributed by atoms with Gasteiger partial charge >= 0.3 is 6.18 Å². The SMILES string of the molecule is CCCNC(CN(CC(F)(F)F)C(C)C)c1ccccc1. The van der Waals surface area contributed by atoms with E-state index in [2.05, 4.69) is 5.32 Å². The number of hydrogen-bond donors (Lipinski definition) is 1. The maximum atomic E-state index is 12.7. The maximum absolute atomic E-state index is 12.7. The largest absolute Gasteiger partial charge is 0.401 e. The molecule has 0 aromatic heterocycles. The van der Waals surface area contributed by atoms with E-state index in [0.29, 0.717) is 6.54 Å². The second-order valence-electron chi connectivity index (χ2n) is 5.56. The summed E-state index contributed by atoms with van der Waals surface area (Å²) in [7, 11) is 0. The van der Waals surface area contributed by atoms with Gasteiger partial charge in [-0.05, 0) is 32.4 Å². The molecule has 0 fully saturated rings. The Balaban J connectivity index is 2.82. The smallest absolute Gasteiger partial charge is 0.309 e. The lowest BCUT2D eigenvalue weighted by atomic mass is 10.1. The first-order valence-corrected chi connectivity index (χ1v) is 7.42. The molecule has 1 rings (SSSR count). The zero-order valence-electron chi connectivity index (χ0n) is 13.0. The number of benzene rings is 1. The van der Waals surface area contributed by atoms with Gasteiger partial charge in [0.15, 0.2) is 0 Å². The summed E-state index contributed by atoms with van der Waals surface area (Å²) in [6, 6.07) is 9.42. The molecule has 0 spiro atoms. The van der Waals surface area contributed by atoms with Crippen LogP contribution in [0.1, 0.15) is 38.8 Å². The van der Waals surface area contributed by atoms with Gasteiger partial charge in [-0.15, -0.1) is 0 Å². The van der Waals surface area contributed by atoms with Crippen molar-refractivity contribution in [1.29, 1.82) is 0 Å². The van der Waals surface area contributed by atoms with E-state index in [1.54, 1.807) is 13.8 Å². The first kappa shape index (κ1) is 18.0. The summed E-state index contributed by atoms with van der Waals surface area (Å²) < 4.78 is 38.1. The number of halogens is 3. The minimum absolute atomic E-state index is 0.0871. The molecule has 1 N–H and O–H groups in total. The molecule has 1 aromatic carbocycles. The fraction of sp³-hybridized carbons (Fsp3) is 0.625. The molecule has 2 nitrogen and oxygen atoms in total. The lowest BCUT2D eigenvalue weighted by molar-refractivity contribution is -0.150. The summed E-state index contributed by atoms with van der Waals surface area (Å²) in [6.45, 7) is 5.91. The highest BCUT2D eigenvalue weighted by Crippen LogP contribution is 2.21. The molecular weight excluding hydrogens is 277 g/mol. The minimum Gasteiger partial charge on any atom is -0.309 e. The predicted octanol–water partition coefficient (Wildman–Crippen LogP) is 4.00. The fourth-order valence-electron chi connectivity index (χ4n) is 2.21. The summed E-state index contributed by atoms with van der Waals surface area (Å²) in [5, 5.41) is 3.35. The molecule has 120 valence electrons. The van der Waals surface area contributed by atoms with Crippen LogP contribution in [0.5, 0.6) is 0 Å². The summed E-state index contributed by atoms with van der Waals surface area (Å²) in [5.74, 6) is 0. The van der Waals surface area contributed by atoms with Crippen LogP contribution < -0.4 is 5.32 Å². The Hall–Kier alpha value is -1.07. The third kappa shape index (κ3) is 6.96. The standard InChI is InChI=1S/C16H25F3N2/c1-4-10-20-15(14-8-6-5-7-9-14)11-21(13(2)3)12-16(17,18)19/h5-9,13,15,20H,4,10-12H2,1-3H3. The second kappa shape index (κ2) is 8.39. The highest BCUT2D eigenvalue weighted by molar-refractivity contribution is 5.19. The highest BCUT2D eigenvalue weighted by Gasteiger charge is 2.32. The molecule has 0 aliphatic rings. The van der Waals surface area contributed by atoms with Crippen molar-refractivity contribution in [2.75, 3.05) is 19.6 Å². The Labute approximate surface area is 125 Å².